The van der Waals surface area contributed by atoms with Crippen LogP contribution in [0.4, 0.5) is 0 Å². The molecule has 25 heavy (non-hydrogen) atoms. The third-order valence-corrected chi connectivity index (χ3v) is 5.85. The summed E-state index contributed by atoms with van der Waals surface area (Å²) < 4.78 is 0.741. The monoisotopic (exact) mass is 351 g/mol. The summed E-state index contributed by atoms with van der Waals surface area (Å²) in [4.78, 5) is 4.66. The molecule has 0 aromatic heterocycles. The fourth-order valence-corrected chi connectivity index (χ4v) is 3.96. The molecule has 3 heteroatoms. The minimum atomic E-state index is -0.312. The molecule has 3 nitrogen and oxygen atoms in total. The summed E-state index contributed by atoms with van der Waals surface area (Å²) in [7, 11) is 0. The first-order valence-electron chi connectivity index (χ1n) is 10.9. The van der Waals surface area contributed by atoms with Crippen LogP contribution in [0.1, 0.15) is 97.8 Å². The highest BCUT2D eigenvalue weighted by molar-refractivity contribution is 5.60. The van der Waals surface area contributed by atoms with Gasteiger partial charge in [-0.25, -0.2) is 4.99 Å². The molecule has 1 rings (SSSR count). The molecule has 1 heterocycles. The lowest BCUT2D eigenvalue weighted by molar-refractivity contribution is -0.976. The predicted molar refractivity (Wildman–Crippen MR) is 110 cm³/mol. The second-order valence-electron chi connectivity index (χ2n) is 7.71. The fraction of sp³-hybridized carbons (Fsp3) is 0.864. The van der Waals surface area contributed by atoms with Gasteiger partial charge in [0.2, 0.25) is 0 Å². The van der Waals surface area contributed by atoms with Crippen molar-refractivity contribution in [1.29, 1.82) is 0 Å². The average molecular weight is 352 g/mol. The molecule has 0 aromatic carbocycles. The number of aliphatic hydroxyl groups is 1. The Morgan fingerprint density at radius 3 is 2.20 bits per heavy atom. The Kier molecular flexibility index (Phi) is 12.1. The summed E-state index contributed by atoms with van der Waals surface area (Å²) >= 11 is 0. The highest BCUT2D eigenvalue weighted by Gasteiger charge is 2.41. The standard InChI is InChI=1S/C22H43N2O/c1-4-6-7-8-9-10-11-12-13-14-15-16-17-18-22-23-19-20-24(22,5-2)21(3)25/h9-10,19,21-22,25H,4-8,11-18,20H2,1-3H3/q+1/b10-9+. The number of quaternary nitrogens is 1. The van der Waals surface area contributed by atoms with Crippen molar-refractivity contribution in [3.05, 3.63) is 12.2 Å². The van der Waals surface area contributed by atoms with Crippen molar-refractivity contribution >= 4 is 6.21 Å². The van der Waals surface area contributed by atoms with E-state index < -0.39 is 0 Å². The van der Waals surface area contributed by atoms with Crippen LogP contribution in [-0.2, 0) is 0 Å². The molecule has 0 fully saturated rings. The number of hydrogen-bond donors (Lipinski definition) is 1. The molecule has 0 saturated heterocycles. The first-order valence-corrected chi connectivity index (χ1v) is 10.9. The molecule has 3 unspecified atom stereocenters. The molecule has 0 amide bonds. The van der Waals surface area contributed by atoms with Gasteiger partial charge in [-0.2, -0.15) is 0 Å². The Morgan fingerprint density at radius 2 is 1.60 bits per heavy atom. The van der Waals surface area contributed by atoms with Gasteiger partial charge in [0.1, 0.15) is 6.54 Å². The van der Waals surface area contributed by atoms with Gasteiger partial charge in [-0.1, -0.05) is 57.6 Å². The average Bonchev–Trinajstić information content (AvgIpc) is 3.03. The van der Waals surface area contributed by atoms with E-state index in [1.165, 1.54) is 70.6 Å². The number of nitrogens with zero attached hydrogens (tertiary/aromatic N) is 2. The predicted octanol–water partition coefficient (Wildman–Crippen LogP) is 5.83. The summed E-state index contributed by atoms with van der Waals surface area (Å²) in [6.07, 6.45) is 22.4. The minimum absolute atomic E-state index is 0.280. The third-order valence-electron chi connectivity index (χ3n) is 5.85. The zero-order valence-corrected chi connectivity index (χ0v) is 17.1. The summed E-state index contributed by atoms with van der Waals surface area (Å²) in [5, 5.41) is 10.2. The number of aliphatic imine (C=N–C) groups is 1. The topological polar surface area (TPSA) is 32.6 Å². The molecule has 0 saturated carbocycles. The molecule has 1 aliphatic heterocycles. The second-order valence-corrected chi connectivity index (χ2v) is 7.71. The minimum Gasteiger partial charge on any atom is -0.345 e. The lowest BCUT2D eigenvalue weighted by Gasteiger charge is -2.40. The van der Waals surface area contributed by atoms with Gasteiger partial charge in [0, 0.05) is 13.3 Å². The van der Waals surface area contributed by atoms with Crippen molar-refractivity contribution in [1.82, 2.24) is 0 Å². The van der Waals surface area contributed by atoms with E-state index in [2.05, 4.69) is 31.0 Å². The molecule has 1 N–H and O–H groups in total. The van der Waals surface area contributed by atoms with Gasteiger partial charge in [-0.3, -0.25) is 4.48 Å². The quantitative estimate of drug-likeness (QED) is 0.225. The number of rotatable bonds is 15. The van der Waals surface area contributed by atoms with Crippen molar-refractivity contribution in [2.45, 2.75) is 110 Å². The lowest BCUT2D eigenvalue weighted by atomic mass is 10.1. The summed E-state index contributed by atoms with van der Waals surface area (Å²) in [5.41, 5.74) is 0. The number of unbranched alkanes of at least 4 members (excludes halogenated alkanes) is 9. The highest BCUT2D eigenvalue weighted by Crippen LogP contribution is 2.26. The van der Waals surface area contributed by atoms with Crippen LogP contribution in [-0.4, -0.2) is 41.3 Å². The maximum Gasteiger partial charge on any atom is 0.189 e. The van der Waals surface area contributed by atoms with Gasteiger partial charge in [0.25, 0.3) is 0 Å². The number of hydrogen-bond acceptors (Lipinski definition) is 2. The molecular weight excluding hydrogens is 308 g/mol. The molecule has 0 bridgehead atoms. The Labute approximate surface area is 156 Å². The first kappa shape index (κ1) is 22.4. The van der Waals surface area contributed by atoms with Crippen molar-refractivity contribution in [3.8, 4) is 0 Å². The zero-order chi connectivity index (χ0) is 18.4. The van der Waals surface area contributed by atoms with Gasteiger partial charge in [0.05, 0.1) is 12.8 Å². The second kappa shape index (κ2) is 13.5. The summed E-state index contributed by atoms with van der Waals surface area (Å²) in [6, 6.07) is 0. The zero-order valence-electron chi connectivity index (χ0n) is 17.1. The van der Waals surface area contributed by atoms with E-state index in [0.29, 0.717) is 0 Å². The maximum absolute atomic E-state index is 10.2. The molecular formula is C22H43N2O+. The summed E-state index contributed by atoms with van der Waals surface area (Å²) in [5.74, 6) is 0. The van der Waals surface area contributed by atoms with Crippen molar-refractivity contribution in [2.24, 2.45) is 4.99 Å². The largest absolute Gasteiger partial charge is 0.345 e. The van der Waals surface area contributed by atoms with Crippen molar-refractivity contribution in [3.63, 3.8) is 0 Å². The van der Waals surface area contributed by atoms with Crippen LogP contribution in [0.15, 0.2) is 17.1 Å². The van der Waals surface area contributed by atoms with E-state index in [0.717, 1.165) is 24.0 Å². The molecule has 0 aliphatic carbocycles. The Morgan fingerprint density at radius 1 is 1.00 bits per heavy atom. The molecule has 0 spiro atoms. The van der Waals surface area contributed by atoms with Gasteiger partial charge < -0.3 is 5.11 Å². The van der Waals surface area contributed by atoms with E-state index >= 15 is 0 Å². The van der Waals surface area contributed by atoms with Crippen molar-refractivity contribution < 1.29 is 9.59 Å². The van der Waals surface area contributed by atoms with Gasteiger partial charge >= 0.3 is 0 Å². The van der Waals surface area contributed by atoms with Crippen LogP contribution >= 0.6 is 0 Å². The van der Waals surface area contributed by atoms with Crippen LogP contribution in [0, 0.1) is 0 Å². The fourth-order valence-electron chi connectivity index (χ4n) is 3.96. The van der Waals surface area contributed by atoms with E-state index in [1.807, 2.05) is 13.1 Å². The first-order chi connectivity index (χ1) is 12.2. The van der Waals surface area contributed by atoms with E-state index in [9.17, 15) is 5.11 Å². The number of aliphatic hydroxyl groups excluding tert-OH is 1. The van der Waals surface area contributed by atoms with Crippen LogP contribution in [0.5, 0.6) is 0 Å². The molecule has 0 radical (unpaired) electrons. The summed E-state index contributed by atoms with van der Waals surface area (Å²) in [6.45, 7) is 8.21. The Bertz CT molecular complexity index is 378. The Hall–Kier alpha value is -0.670. The van der Waals surface area contributed by atoms with E-state index in [-0.39, 0.29) is 12.4 Å². The van der Waals surface area contributed by atoms with Crippen LogP contribution in [0.2, 0.25) is 0 Å². The van der Waals surface area contributed by atoms with Crippen LogP contribution < -0.4 is 0 Å². The molecule has 0 aromatic rings. The molecule has 3 atom stereocenters. The van der Waals surface area contributed by atoms with Crippen molar-refractivity contribution in [2.75, 3.05) is 13.1 Å². The van der Waals surface area contributed by atoms with Crippen LogP contribution in [0.25, 0.3) is 0 Å². The SMILES string of the molecule is CCCCC/C=C/CCCCCCCCC1N=CC[N+]1(CC)C(C)O. The highest BCUT2D eigenvalue weighted by atomic mass is 16.3. The van der Waals surface area contributed by atoms with Gasteiger partial charge in [-0.15, -0.1) is 0 Å². The molecule has 146 valence electrons. The normalized spacial score (nSPS) is 24.4. The Balaban J connectivity index is 1.99. The van der Waals surface area contributed by atoms with Gasteiger partial charge in [0.15, 0.2) is 12.4 Å². The smallest absolute Gasteiger partial charge is 0.189 e. The lowest BCUT2D eigenvalue weighted by Crippen LogP contribution is -2.57. The van der Waals surface area contributed by atoms with Crippen LogP contribution in [0.3, 0.4) is 0 Å². The third kappa shape index (κ3) is 8.04. The molecule has 1 aliphatic rings. The number of allylic oxidation sites excluding steroid dienone is 2. The van der Waals surface area contributed by atoms with E-state index in [4.69, 9.17) is 0 Å². The maximum atomic E-state index is 10.2. The van der Waals surface area contributed by atoms with Gasteiger partial charge in [-0.05, 0) is 39.0 Å². The van der Waals surface area contributed by atoms with E-state index in [1.54, 1.807) is 0 Å².